The zero-order valence-electron chi connectivity index (χ0n) is 22.9. The largest absolute Gasteiger partial charge is 0.494 e. The molecule has 1 fully saturated rings. The number of rotatable bonds is 5. The van der Waals surface area contributed by atoms with Crippen molar-refractivity contribution in [1.29, 1.82) is 0 Å². The molecule has 0 saturated carbocycles. The van der Waals surface area contributed by atoms with Crippen LogP contribution in [-0.2, 0) is 14.3 Å². The predicted octanol–water partition coefficient (Wildman–Crippen LogP) is 5.49. The number of nitrogens with zero attached hydrogens (tertiary/aromatic N) is 3. The van der Waals surface area contributed by atoms with E-state index in [1.165, 1.54) is 17.0 Å². The van der Waals surface area contributed by atoms with Gasteiger partial charge in [-0.1, -0.05) is 35.9 Å². The Kier molecular flexibility index (Phi) is 6.08. The fourth-order valence-electron chi connectivity index (χ4n) is 6.19. The number of hydrogen-bond donors (Lipinski definition) is 1. The van der Waals surface area contributed by atoms with Crippen LogP contribution in [0, 0.1) is 11.2 Å². The van der Waals surface area contributed by atoms with Gasteiger partial charge in [0.05, 0.1) is 23.5 Å². The molecule has 0 bridgehead atoms. The first-order valence-corrected chi connectivity index (χ1v) is 13.6. The summed E-state index contributed by atoms with van der Waals surface area (Å²) in [5.74, 6) is 0.249. The van der Waals surface area contributed by atoms with Crippen LogP contribution in [0.1, 0.15) is 50.9 Å². The Labute approximate surface area is 237 Å². The average Bonchev–Trinajstić information content (AvgIpc) is 3.32. The van der Waals surface area contributed by atoms with Crippen molar-refractivity contribution in [3.63, 3.8) is 0 Å². The van der Waals surface area contributed by atoms with Gasteiger partial charge in [0.1, 0.15) is 41.0 Å². The van der Waals surface area contributed by atoms with Gasteiger partial charge in [-0.05, 0) is 69.2 Å². The Morgan fingerprint density at radius 3 is 2.50 bits per heavy atom. The fourth-order valence-corrected chi connectivity index (χ4v) is 6.32. The molecule has 3 amide bonds. The Morgan fingerprint density at radius 1 is 1.12 bits per heavy atom. The van der Waals surface area contributed by atoms with Crippen molar-refractivity contribution in [2.24, 2.45) is 10.4 Å². The molecule has 0 aromatic heterocycles. The van der Waals surface area contributed by atoms with Gasteiger partial charge in [-0.25, -0.2) is 9.18 Å². The number of ether oxygens (including phenoxy) is 2. The van der Waals surface area contributed by atoms with E-state index in [9.17, 15) is 14.0 Å². The lowest BCUT2D eigenvalue weighted by Gasteiger charge is -2.54. The van der Waals surface area contributed by atoms with E-state index >= 15 is 0 Å². The zero-order chi connectivity index (χ0) is 28.6. The molecular weight excluding hydrogens is 535 g/mol. The average molecular weight is 565 g/mol. The molecule has 4 atom stereocenters. The number of amidine groups is 1. The highest BCUT2D eigenvalue weighted by Gasteiger charge is 2.63. The van der Waals surface area contributed by atoms with Crippen LogP contribution in [0.2, 0.25) is 5.02 Å². The Morgan fingerprint density at radius 2 is 1.85 bits per heavy atom. The summed E-state index contributed by atoms with van der Waals surface area (Å²) in [5, 5.41) is 3.54. The van der Waals surface area contributed by atoms with Crippen molar-refractivity contribution in [1.82, 2.24) is 15.1 Å². The highest BCUT2D eigenvalue weighted by Crippen LogP contribution is 2.57. The number of aliphatic imine (C=N–C) groups is 1. The molecule has 2 aromatic rings. The summed E-state index contributed by atoms with van der Waals surface area (Å²) in [6, 6.07) is 11.8. The minimum absolute atomic E-state index is 0.187. The first-order chi connectivity index (χ1) is 19.0. The van der Waals surface area contributed by atoms with E-state index in [1.807, 2.05) is 45.9 Å². The van der Waals surface area contributed by atoms with Crippen molar-refractivity contribution in [2.45, 2.75) is 51.5 Å². The molecule has 4 aliphatic rings. The van der Waals surface area contributed by atoms with Crippen LogP contribution in [0.5, 0.6) is 0 Å². The number of benzene rings is 2. The van der Waals surface area contributed by atoms with Crippen LogP contribution in [0.15, 0.2) is 76.8 Å². The molecule has 3 heterocycles. The van der Waals surface area contributed by atoms with Crippen molar-refractivity contribution in [3.8, 4) is 0 Å². The lowest BCUT2D eigenvalue weighted by Crippen LogP contribution is -2.66. The van der Waals surface area contributed by atoms with Gasteiger partial charge in [0.2, 0.25) is 5.91 Å². The SMILES string of the molecule is COC1(C)C=C(OC(C)C)C2(C)C3=N[C@H](c4ccc(Cl)cc4)[C@H](c4cccc(F)c4)N3C(=O)N3CC(=O)NC1=C32. The van der Waals surface area contributed by atoms with E-state index in [0.717, 1.165) is 5.56 Å². The van der Waals surface area contributed by atoms with E-state index in [2.05, 4.69) is 5.32 Å². The number of hydrogen-bond acceptors (Lipinski definition) is 5. The highest BCUT2D eigenvalue weighted by molar-refractivity contribution is 6.30. The van der Waals surface area contributed by atoms with Gasteiger partial charge < -0.3 is 14.8 Å². The monoisotopic (exact) mass is 564 g/mol. The molecule has 1 aliphatic carbocycles. The number of halogens is 2. The summed E-state index contributed by atoms with van der Waals surface area (Å²) in [5.41, 5.74) is 0.296. The third kappa shape index (κ3) is 3.78. The fraction of sp³-hybridized carbons (Fsp3) is 0.367. The lowest BCUT2D eigenvalue weighted by atomic mass is 9.71. The molecule has 1 N–H and O–H groups in total. The minimum Gasteiger partial charge on any atom is -0.494 e. The summed E-state index contributed by atoms with van der Waals surface area (Å²) in [7, 11) is 1.55. The highest BCUT2D eigenvalue weighted by atomic mass is 35.5. The number of fused-ring (bicyclic) bond motifs is 2. The maximum absolute atomic E-state index is 14.6. The van der Waals surface area contributed by atoms with Crippen molar-refractivity contribution in [3.05, 3.63) is 93.7 Å². The normalized spacial score (nSPS) is 29.2. The molecule has 0 radical (unpaired) electrons. The Hall–Kier alpha value is -3.69. The third-order valence-corrected chi connectivity index (χ3v) is 8.33. The van der Waals surface area contributed by atoms with Crippen LogP contribution in [0.3, 0.4) is 0 Å². The number of amides is 3. The van der Waals surface area contributed by atoms with E-state index in [4.69, 9.17) is 26.1 Å². The maximum atomic E-state index is 14.6. The topological polar surface area (TPSA) is 83.5 Å². The number of methoxy groups -OCH3 is 1. The van der Waals surface area contributed by atoms with Gasteiger partial charge in [-0.2, -0.15) is 0 Å². The zero-order valence-corrected chi connectivity index (χ0v) is 23.6. The quantitative estimate of drug-likeness (QED) is 0.521. The molecule has 40 heavy (non-hydrogen) atoms. The number of carbonyl (C=O) groups excluding carboxylic acids is 2. The summed E-state index contributed by atoms with van der Waals surface area (Å²) in [4.78, 5) is 35.7. The number of nitrogens with one attached hydrogen (secondary N) is 1. The predicted molar refractivity (Wildman–Crippen MR) is 148 cm³/mol. The molecule has 2 aromatic carbocycles. The van der Waals surface area contributed by atoms with Gasteiger partial charge in [0, 0.05) is 12.1 Å². The van der Waals surface area contributed by atoms with Crippen LogP contribution >= 0.6 is 11.6 Å². The van der Waals surface area contributed by atoms with E-state index in [-0.39, 0.29) is 18.6 Å². The molecule has 1 saturated heterocycles. The maximum Gasteiger partial charge on any atom is 0.330 e. The first-order valence-electron chi connectivity index (χ1n) is 13.2. The van der Waals surface area contributed by atoms with Gasteiger partial charge >= 0.3 is 6.03 Å². The molecular formula is C30H30ClFN4O4. The van der Waals surface area contributed by atoms with Crippen LogP contribution < -0.4 is 5.32 Å². The van der Waals surface area contributed by atoms with Gasteiger partial charge in [0.25, 0.3) is 0 Å². The lowest BCUT2D eigenvalue weighted by molar-refractivity contribution is -0.123. The number of urea groups is 1. The molecule has 6 rings (SSSR count). The van der Waals surface area contributed by atoms with Crippen molar-refractivity contribution >= 4 is 29.4 Å². The molecule has 208 valence electrons. The summed E-state index contributed by atoms with van der Waals surface area (Å²) in [6.45, 7) is 7.43. The van der Waals surface area contributed by atoms with E-state index in [1.54, 1.807) is 36.3 Å². The first kappa shape index (κ1) is 26.5. The van der Waals surface area contributed by atoms with Gasteiger partial charge in [0.15, 0.2) is 0 Å². The minimum atomic E-state index is -1.06. The summed E-state index contributed by atoms with van der Waals surface area (Å²) < 4.78 is 26.9. The smallest absolute Gasteiger partial charge is 0.330 e. The van der Waals surface area contributed by atoms with E-state index in [0.29, 0.717) is 33.6 Å². The summed E-state index contributed by atoms with van der Waals surface area (Å²) in [6.07, 6.45) is 1.65. The number of carbonyl (C=O) groups is 2. The van der Waals surface area contributed by atoms with Gasteiger partial charge in [-0.3, -0.25) is 19.6 Å². The van der Waals surface area contributed by atoms with Crippen molar-refractivity contribution < 1.29 is 23.5 Å². The Bertz CT molecular complexity index is 1520. The molecule has 2 unspecified atom stereocenters. The second-order valence-electron chi connectivity index (χ2n) is 11.1. The van der Waals surface area contributed by atoms with Crippen LogP contribution in [0.4, 0.5) is 9.18 Å². The second-order valence-corrected chi connectivity index (χ2v) is 11.5. The molecule has 0 spiro atoms. The molecule has 8 nitrogen and oxygen atoms in total. The van der Waals surface area contributed by atoms with E-state index < -0.39 is 34.9 Å². The third-order valence-electron chi connectivity index (χ3n) is 8.08. The standard InChI is InChI=1S/C30H30ClFN4O4/c1-16(2)40-21-14-29(3,39-5)25-26-30(21,4)27-34-23(17-9-11-19(31)12-10-17)24(18-7-6-8-20(32)13-18)36(27)28(38)35(26)15-22(37)33-25/h6-14,16,23-24H,15H2,1-5H3,(H,33,37)/t23-,24+,29?,30?/m1/s1. The molecule has 3 aliphatic heterocycles. The summed E-state index contributed by atoms with van der Waals surface area (Å²) >= 11 is 6.20. The molecule has 10 heteroatoms. The van der Waals surface area contributed by atoms with Gasteiger partial charge in [-0.15, -0.1) is 0 Å². The Balaban J connectivity index is 1.64. The van der Waals surface area contributed by atoms with Crippen LogP contribution in [0.25, 0.3) is 0 Å². The second kappa shape index (κ2) is 9.17. The van der Waals surface area contributed by atoms with Crippen LogP contribution in [-0.4, -0.2) is 52.9 Å². The van der Waals surface area contributed by atoms with Crippen molar-refractivity contribution in [2.75, 3.05) is 13.7 Å².